The molecule has 3 aromatic carbocycles. The Morgan fingerprint density at radius 1 is 0.933 bits per heavy atom. The highest BCUT2D eigenvalue weighted by Crippen LogP contribution is 2.33. The quantitative estimate of drug-likeness (QED) is 0.162. The molecule has 3 heterocycles. The third kappa shape index (κ3) is 5.75. The van der Waals surface area contributed by atoms with E-state index < -0.39 is 39.4 Å². The maximum Gasteiger partial charge on any atom is 0.416 e. The first-order valence-corrected chi connectivity index (χ1v) is 14.7. The second-order valence-electron chi connectivity index (χ2n) is 11.0. The summed E-state index contributed by atoms with van der Waals surface area (Å²) in [6, 6.07) is 15.2. The molecule has 1 saturated heterocycles. The third-order valence-corrected chi connectivity index (χ3v) is 8.57. The van der Waals surface area contributed by atoms with Crippen molar-refractivity contribution in [2.75, 3.05) is 17.2 Å². The summed E-state index contributed by atoms with van der Waals surface area (Å²) in [4.78, 5) is 44.4. The Kier molecular flexibility index (Phi) is 7.59. The molecule has 1 aliphatic heterocycles. The average molecular weight is 637 g/mol. The summed E-state index contributed by atoms with van der Waals surface area (Å²) in [7, 11) is 0. The monoisotopic (exact) mass is 636 g/mol. The molecule has 13 heteroatoms. The van der Waals surface area contributed by atoms with Gasteiger partial charge in [-0.25, -0.2) is 4.39 Å². The standard InChI is InChI=1S/C32H24F4N4O4S/c1-31(2,19-7-9-21(33)10-8-19)30-37-27(38-44-30)24-17-39(16-18-3-5-20(6-4-18)32(34,35)36)25-15-22(11-12-23(25)26(24)41)40-13-14-45-29(43)28(40)42/h3-12,15,17H,13-14,16H2,1-2H3. The molecule has 8 nitrogen and oxygen atoms in total. The first kappa shape index (κ1) is 30.3. The fraction of sp³-hybridized carbons (Fsp3) is 0.219. The minimum atomic E-state index is -4.50. The van der Waals surface area contributed by atoms with Gasteiger partial charge in [-0.3, -0.25) is 14.4 Å². The number of nitrogens with zero attached hydrogens (tertiary/aromatic N) is 4. The van der Waals surface area contributed by atoms with Crippen LogP contribution in [0, 0.1) is 5.82 Å². The van der Waals surface area contributed by atoms with E-state index >= 15 is 0 Å². The van der Waals surface area contributed by atoms with Gasteiger partial charge in [-0.1, -0.05) is 41.2 Å². The molecule has 0 N–H and O–H groups in total. The van der Waals surface area contributed by atoms with E-state index in [-0.39, 0.29) is 35.8 Å². The number of hydrogen-bond donors (Lipinski definition) is 0. The fourth-order valence-corrected chi connectivity index (χ4v) is 5.85. The van der Waals surface area contributed by atoms with Crippen LogP contribution in [0.4, 0.5) is 23.2 Å². The highest BCUT2D eigenvalue weighted by atomic mass is 32.2. The molecule has 2 aromatic heterocycles. The lowest BCUT2D eigenvalue weighted by molar-refractivity contribution is -0.137. The zero-order valence-corrected chi connectivity index (χ0v) is 24.7. The van der Waals surface area contributed by atoms with Crippen LogP contribution in [-0.2, 0) is 27.7 Å². The number of carbonyl (C=O) groups is 2. The molecule has 0 spiro atoms. The number of fused-ring (bicyclic) bond motifs is 1. The zero-order valence-electron chi connectivity index (χ0n) is 23.9. The number of halogens is 4. The van der Waals surface area contributed by atoms with Crippen LogP contribution in [0.5, 0.6) is 0 Å². The van der Waals surface area contributed by atoms with Gasteiger partial charge in [0.2, 0.25) is 17.1 Å². The highest BCUT2D eigenvalue weighted by molar-refractivity contribution is 8.15. The lowest BCUT2D eigenvalue weighted by Crippen LogP contribution is -2.41. The van der Waals surface area contributed by atoms with Crippen molar-refractivity contribution in [2.45, 2.75) is 32.0 Å². The minimum absolute atomic E-state index is 0.00818. The second-order valence-corrected chi connectivity index (χ2v) is 12.1. The van der Waals surface area contributed by atoms with E-state index in [9.17, 15) is 31.9 Å². The molecule has 0 atom stereocenters. The van der Waals surface area contributed by atoms with Crippen LogP contribution in [0.1, 0.15) is 36.4 Å². The number of amides is 1. The van der Waals surface area contributed by atoms with Crippen molar-refractivity contribution in [1.29, 1.82) is 0 Å². The molecule has 5 aromatic rings. The van der Waals surface area contributed by atoms with Crippen molar-refractivity contribution in [3.63, 3.8) is 0 Å². The van der Waals surface area contributed by atoms with Crippen molar-refractivity contribution in [3.05, 3.63) is 112 Å². The van der Waals surface area contributed by atoms with Gasteiger partial charge in [-0.05, 0) is 67.4 Å². The highest BCUT2D eigenvalue weighted by Gasteiger charge is 2.32. The summed E-state index contributed by atoms with van der Waals surface area (Å²) < 4.78 is 60.3. The van der Waals surface area contributed by atoms with Crippen molar-refractivity contribution >= 4 is 39.4 Å². The van der Waals surface area contributed by atoms with Gasteiger partial charge in [0, 0.05) is 36.1 Å². The van der Waals surface area contributed by atoms with Gasteiger partial charge in [0.25, 0.3) is 5.12 Å². The van der Waals surface area contributed by atoms with Crippen molar-refractivity contribution in [3.8, 4) is 11.4 Å². The smallest absolute Gasteiger partial charge is 0.342 e. The number of alkyl halides is 3. The van der Waals surface area contributed by atoms with E-state index in [0.29, 0.717) is 28.1 Å². The van der Waals surface area contributed by atoms with Gasteiger partial charge in [0.15, 0.2) is 0 Å². The number of anilines is 1. The molecule has 45 heavy (non-hydrogen) atoms. The van der Waals surface area contributed by atoms with Crippen LogP contribution < -0.4 is 10.3 Å². The Labute approximate surface area is 257 Å². The first-order valence-electron chi connectivity index (χ1n) is 13.8. The van der Waals surface area contributed by atoms with Crippen LogP contribution in [0.3, 0.4) is 0 Å². The summed E-state index contributed by atoms with van der Waals surface area (Å²) in [5.74, 6) is -0.495. The summed E-state index contributed by atoms with van der Waals surface area (Å²) in [5.41, 5.74) is 0.00269. The number of thioether (sulfide) groups is 1. The lowest BCUT2D eigenvalue weighted by Gasteiger charge is -2.26. The molecule has 230 valence electrons. The molecule has 6 rings (SSSR count). The Morgan fingerprint density at radius 2 is 1.62 bits per heavy atom. The molecule has 1 amide bonds. The fourth-order valence-electron chi connectivity index (χ4n) is 5.16. The van der Waals surface area contributed by atoms with Gasteiger partial charge < -0.3 is 14.0 Å². The van der Waals surface area contributed by atoms with E-state index in [4.69, 9.17) is 4.52 Å². The average Bonchev–Trinajstić information content (AvgIpc) is 3.51. The number of hydrogen-bond acceptors (Lipinski definition) is 7. The Morgan fingerprint density at radius 3 is 2.31 bits per heavy atom. The number of carbonyl (C=O) groups excluding carboxylic acids is 2. The summed E-state index contributed by atoms with van der Waals surface area (Å²) in [6.45, 7) is 3.97. The van der Waals surface area contributed by atoms with Gasteiger partial charge in [-0.15, -0.1) is 0 Å². The molecule has 0 radical (unpaired) electrons. The summed E-state index contributed by atoms with van der Waals surface area (Å²) >= 11 is 0.936. The molecule has 1 aliphatic rings. The van der Waals surface area contributed by atoms with Crippen LogP contribution in [-0.4, -0.2) is 38.0 Å². The van der Waals surface area contributed by atoms with Crippen LogP contribution >= 0.6 is 11.8 Å². The lowest BCUT2D eigenvalue weighted by atomic mass is 9.84. The van der Waals surface area contributed by atoms with E-state index in [1.807, 2.05) is 13.8 Å². The predicted molar refractivity (Wildman–Crippen MR) is 160 cm³/mol. The van der Waals surface area contributed by atoms with E-state index in [1.54, 1.807) is 28.8 Å². The molecular formula is C32H24F4N4O4S. The van der Waals surface area contributed by atoms with Gasteiger partial charge in [0.05, 0.1) is 22.1 Å². The van der Waals surface area contributed by atoms with Gasteiger partial charge >= 0.3 is 12.1 Å². The molecular weight excluding hydrogens is 612 g/mol. The minimum Gasteiger partial charge on any atom is -0.342 e. The largest absolute Gasteiger partial charge is 0.416 e. The number of benzene rings is 3. The third-order valence-electron chi connectivity index (χ3n) is 7.75. The van der Waals surface area contributed by atoms with Gasteiger partial charge in [-0.2, -0.15) is 18.2 Å². The molecule has 0 saturated carbocycles. The number of rotatable bonds is 6. The van der Waals surface area contributed by atoms with E-state index in [1.165, 1.54) is 41.4 Å². The molecule has 0 unspecified atom stereocenters. The molecule has 0 bridgehead atoms. The summed E-state index contributed by atoms with van der Waals surface area (Å²) in [5, 5.41) is 3.71. The second kappa shape index (κ2) is 11.3. The molecule has 0 aliphatic carbocycles. The number of aromatic nitrogens is 3. The normalized spacial score (nSPS) is 14.4. The zero-order chi connectivity index (χ0) is 32.1. The topological polar surface area (TPSA) is 98.3 Å². The van der Waals surface area contributed by atoms with Crippen LogP contribution in [0.25, 0.3) is 22.3 Å². The van der Waals surface area contributed by atoms with Crippen LogP contribution in [0.2, 0.25) is 0 Å². The van der Waals surface area contributed by atoms with Crippen molar-refractivity contribution in [2.24, 2.45) is 0 Å². The van der Waals surface area contributed by atoms with Crippen molar-refractivity contribution in [1.82, 2.24) is 14.7 Å². The number of pyridine rings is 1. The van der Waals surface area contributed by atoms with Gasteiger partial charge in [0.1, 0.15) is 5.82 Å². The SMILES string of the molecule is CC(C)(c1ccc(F)cc1)c1nc(-c2cn(Cc3ccc(C(F)(F)F)cc3)c3cc(N4CCSC(=O)C4=O)ccc3c2=O)no1. The van der Waals surface area contributed by atoms with E-state index in [2.05, 4.69) is 10.1 Å². The first-order chi connectivity index (χ1) is 21.3. The van der Waals surface area contributed by atoms with E-state index in [0.717, 1.165) is 23.9 Å². The maximum atomic E-state index is 13.8. The molecule has 1 fully saturated rings. The predicted octanol–water partition coefficient (Wildman–Crippen LogP) is 6.19. The maximum absolute atomic E-state index is 13.8. The Balaban J connectivity index is 1.46. The van der Waals surface area contributed by atoms with Crippen LogP contribution in [0.15, 0.2) is 82.2 Å². The summed E-state index contributed by atoms with van der Waals surface area (Å²) in [6.07, 6.45) is -3.01. The van der Waals surface area contributed by atoms with Crippen molar-refractivity contribution < 1.29 is 31.7 Å². The Hall–Kier alpha value is -4.78. The Bertz CT molecular complexity index is 2000.